The molecule has 1 aliphatic rings. The molecule has 3 heteroatoms. The first kappa shape index (κ1) is 12.5. The second kappa shape index (κ2) is 5.24. The number of ether oxygens (including phenoxy) is 1. The van der Waals surface area contributed by atoms with Gasteiger partial charge in [0.2, 0.25) is 0 Å². The molecule has 2 aromatic rings. The van der Waals surface area contributed by atoms with Gasteiger partial charge in [-0.05, 0) is 53.8 Å². The summed E-state index contributed by atoms with van der Waals surface area (Å²) in [6.07, 6.45) is 1.42. The van der Waals surface area contributed by atoms with Crippen LogP contribution in [-0.2, 0) is 6.42 Å². The first-order chi connectivity index (χ1) is 9.24. The Labute approximate surface area is 117 Å². The predicted molar refractivity (Wildman–Crippen MR) is 75.8 cm³/mol. The maximum atomic E-state index is 10.4. The van der Waals surface area contributed by atoms with Gasteiger partial charge in [0, 0.05) is 5.02 Å². The van der Waals surface area contributed by atoms with E-state index in [1.165, 1.54) is 5.56 Å². The summed E-state index contributed by atoms with van der Waals surface area (Å²) in [6.45, 7) is 0.784. The quantitative estimate of drug-likeness (QED) is 0.904. The summed E-state index contributed by atoms with van der Waals surface area (Å²) >= 11 is 5.86. The Morgan fingerprint density at radius 1 is 1.05 bits per heavy atom. The molecule has 1 N–H and O–H groups in total. The summed E-state index contributed by atoms with van der Waals surface area (Å²) in [5.74, 6) is 0.943. The maximum Gasteiger partial charge on any atom is 0.122 e. The third kappa shape index (κ3) is 2.60. The van der Waals surface area contributed by atoms with Gasteiger partial charge in [-0.25, -0.2) is 0 Å². The smallest absolute Gasteiger partial charge is 0.122 e. The van der Waals surface area contributed by atoms with Crippen LogP contribution in [-0.4, -0.2) is 11.7 Å². The summed E-state index contributed by atoms with van der Waals surface area (Å²) in [7, 11) is 0. The molecular weight excluding hydrogens is 260 g/mol. The molecule has 0 aliphatic carbocycles. The fourth-order valence-electron chi connectivity index (χ4n) is 2.39. The van der Waals surface area contributed by atoms with Gasteiger partial charge in [-0.15, -0.1) is 0 Å². The minimum absolute atomic E-state index is 0.621. The van der Waals surface area contributed by atoms with E-state index in [2.05, 4.69) is 0 Å². The Kier molecular flexibility index (Phi) is 3.45. The third-order valence-corrected chi connectivity index (χ3v) is 3.69. The molecule has 0 saturated heterocycles. The molecule has 3 rings (SSSR count). The number of benzene rings is 2. The van der Waals surface area contributed by atoms with Crippen molar-refractivity contribution in [3.63, 3.8) is 0 Å². The number of hydrogen-bond acceptors (Lipinski definition) is 2. The first-order valence-corrected chi connectivity index (χ1v) is 6.81. The van der Waals surface area contributed by atoms with E-state index in [9.17, 15) is 5.11 Å². The molecule has 19 heavy (non-hydrogen) atoms. The lowest BCUT2D eigenvalue weighted by molar-refractivity contribution is 0.219. The van der Waals surface area contributed by atoms with Crippen molar-refractivity contribution in [3.8, 4) is 5.75 Å². The largest absolute Gasteiger partial charge is 0.493 e. The van der Waals surface area contributed by atoms with Crippen molar-refractivity contribution in [3.05, 3.63) is 64.2 Å². The second-order valence-electron chi connectivity index (χ2n) is 4.77. The second-order valence-corrected chi connectivity index (χ2v) is 5.21. The molecule has 0 saturated carbocycles. The zero-order valence-corrected chi connectivity index (χ0v) is 11.2. The SMILES string of the molecule is OC(c1ccc(Cl)cc1)c1ccc2c(c1)CCCO2. The third-order valence-electron chi connectivity index (χ3n) is 3.43. The van der Waals surface area contributed by atoms with E-state index in [0.717, 1.165) is 36.3 Å². The summed E-state index contributed by atoms with van der Waals surface area (Å²) in [4.78, 5) is 0. The van der Waals surface area contributed by atoms with Gasteiger partial charge in [-0.2, -0.15) is 0 Å². The van der Waals surface area contributed by atoms with Crippen molar-refractivity contribution in [2.75, 3.05) is 6.61 Å². The highest BCUT2D eigenvalue weighted by Gasteiger charge is 2.15. The number of halogens is 1. The molecule has 0 spiro atoms. The summed E-state index contributed by atoms with van der Waals surface area (Å²) in [5.41, 5.74) is 2.92. The lowest BCUT2D eigenvalue weighted by Crippen LogP contribution is -2.09. The van der Waals surface area contributed by atoms with Crippen LogP contribution in [0, 0.1) is 0 Å². The number of aliphatic hydroxyl groups excluding tert-OH is 1. The zero-order valence-electron chi connectivity index (χ0n) is 10.5. The van der Waals surface area contributed by atoms with Gasteiger partial charge in [0.05, 0.1) is 6.61 Å². The van der Waals surface area contributed by atoms with E-state index in [0.29, 0.717) is 5.02 Å². The van der Waals surface area contributed by atoms with Crippen LogP contribution in [0.2, 0.25) is 5.02 Å². The Hall–Kier alpha value is -1.51. The lowest BCUT2D eigenvalue weighted by Gasteiger charge is -2.19. The van der Waals surface area contributed by atoms with E-state index in [-0.39, 0.29) is 0 Å². The van der Waals surface area contributed by atoms with Crippen LogP contribution >= 0.6 is 11.6 Å². The highest BCUT2D eigenvalue weighted by Crippen LogP contribution is 2.30. The van der Waals surface area contributed by atoms with E-state index >= 15 is 0 Å². The Balaban J connectivity index is 1.91. The Morgan fingerprint density at radius 3 is 2.58 bits per heavy atom. The molecule has 1 heterocycles. The van der Waals surface area contributed by atoms with Crippen LogP contribution in [0.4, 0.5) is 0 Å². The number of aliphatic hydroxyl groups is 1. The molecule has 0 radical (unpaired) electrons. The van der Waals surface area contributed by atoms with Crippen LogP contribution in [0.3, 0.4) is 0 Å². The molecule has 2 nitrogen and oxygen atoms in total. The molecule has 1 aliphatic heterocycles. The van der Waals surface area contributed by atoms with Crippen molar-refractivity contribution < 1.29 is 9.84 Å². The van der Waals surface area contributed by atoms with Gasteiger partial charge in [-0.3, -0.25) is 0 Å². The van der Waals surface area contributed by atoms with E-state index in [4.69, 9.17) is 16.3 Å². The predicted octanol–water partition coefficient (Wildman–Crippen LogP) is 3.75. The van der Waals surface area contributed by atoms with Gasteiger partial charge in [0.1, 0.15) is 11.9 Å². The molecule has 1 atom stereocenters. The van der Waals surface area contributed by atoms with Crippen LogP contribution in [0.15, 0.2) is 42.5 Å². The van der Waals surface area contributed by atoms with E-state index in [1.54, 1.807) is 12.1 Å². The normalized spacial score (nSPS) is 15.5. The maximum absolute atomic E-state index is 10.4. The minimum atomic E-state index is -0.621. The first-order valence-electron chi connectivity index (χ1n) is 6.43. The highest BCUT2D eigenvalue weighted by atomic mass is 35.5. The highest BCUT2D eigenvalue weighted by molar-refractivity contribution is 6.30. The average molecular weight is 275 g/mol. The van der Waals surface area contributed by atoms with E-state index in [1.807, 2.05) is 30.3 Å². The zero-order chi connectivity index (χ0) is 13.2. The van der Waals surface area contributed by atoms with Crippen LogP contribution in [0.1, 0.15) is 29.2 Å². The summed E-state index contributed by atoms with van der Waals surface area (Å²) in [6, 6.07) is 13.2. The van der Waals surface area contributed by atoms with Crippen molar-refractivity contribution in [1.82, 2.24) is 0 Å². The molecule has 2 aromatic carbocycles. The van der Waals surface area contributed by atoms with Crippen molar-refractivity contribution in [2.45, 2.75) is 18.9 Å². The fraction of sp³-hybridized carbons (Fsp3) is 0.250. The van der Waals surface area contributed by atoms with Crippen LogP contribution in [0.25, 0.3) is 0 Å². The molecule has 98 valence electrons. The standard InChI is InChI=1S/C16H15ClO2/c17-14-6-3-11(4-7-14)16(18)13-5-8-15-12(10-13)2-1-9-19-15/h3-8,10,16,18H,1-2,9H2. The van der Waals surface area contributed by atoms with Gasteiger partial charge in [0.25, 0.3) is 0 Å². The number of aryl methyl sites for hydroxylation is 1. The lowest BCUT2D eigenvalue weighted by atomic mass is 9.97. The van der Waals surface area contributed by atoms with Gasteiger partial charge in [0.15, 0.2) is 0 Å². The van der Waals surface area contributed by atoms with E-state index < -0.39 is 6.10 Å². The van der Waals surface area contributed by atoms with Crippen molar-refractivity contribution in [1.29, 1.82) is 0 Å². The topological polar surface area (TPSA) is 29.5 Å². The average Bonchev–Trinajstić information content (AvgIpc) is 2.47. The van der Waals surface area contributed by atoms with Crippen molar-refractivity contribution in [2.24, 2.45) is 0 Å². The Morgan fingerprint density at radius 2 is 1.79 bits per heavy atom. The molecule has 0 amide bonds. The fourth-order valence-corrected chi connectivity index (χ4v) is 2.51. The number of fused-ring (bicyclic) bond motifs is 1. The monoisotopic (exact) mass is 274 g/mol. The molecular formula is C16H15ClO2. The Bertz CT molecular complexity index is 578. The van der Waals surface area contributed by atoms with Gasteiger partial charge >= 0.3 is 0 Å². The minimum Gasteiger partial charge on any atom is -0.493 e. The van der Waals surface area contributed by atoms with Gasteiger partial charge < -0.3 is 9.84 Å². The van der Waals surface area contributed by atoms with Crippen molar-refractivity contribution >= 4 is 11.6 Å². The molecule has 1 unspecified atom stereocenters. The summed E-state index contributed by atoms with van der Waals surface area (Å²) < 4.78 is 5.58. The molecule has 0 aromatic heterocycles. The number of rotatable bonds is 2. The number of hydrogen-bond donors (Lipinski definition) is 1. The molecule has 0 bridgehead atoms. The molecule has 0 fully saturated rings. The van der Waals surface area contributed by atoms with Crippen LogP contribution in [0.5, 0.6) is 5.75 Å². The van der Waals surface area contributed by atoms with Crippen LogP contribution < -0.4 is 4.74 Å². The van der Waals surface area contributed by atoms with Gasteiger partial charge in [-0.1, -0.05) is 29.8 Å². The summed E-state index contributed by atoms with van der Waals surface area (Å²) in [5, 5.41) is 11.1.